The third-order valence-corrected chi connectivity index (χ3v) is 5.95. The summed E-state index contributed by atoms with van der Waals surface area (Å²) in [5, 5.41) is 14.3. The van der Waals surface area contributed by atoms with Crippen LogP contribution in [0.4, 0.5) is 0 Å². The maximum Gasteiger partial charge on any atom is 0.167 e. The topological polar surface area (TPSA) is 92.1 Å². The Balaban J connectivity index is 1.64. The number of hydrogen-bond donors (Lipinski definition) is 1. The van der Waals surface area contributed by atoms with Gasteiger partial charge in [0.25, 0.3) is 0 Å². The molecule has 0 amide bonds. The second kappa shape index (κ2) is 7.41. The summed E-state index contributed by atoms with van der Waals surface area (Å²) in [6.45, 7) is 0.667. The van der Waals surface area contributed by atoms with Crippen molar-refractivity contribution in [2.45, 2.75) is 13.0 Å². The van der Waals surface area contributed by atoms with Crippen LogP contribution < -0.4 is 0 Å². The number of nitrogens with zero attached hydrogens (tertiary/aromatic N) is 6. The molecule has 0 aliphatic rings. The lowest BCUT2D eigenvalue weighted by Crippen LogP contribution is -2.10. The number of hydrazone groups is 1. The smallest absolute Gasteiger partial charge is 0.167 e. The van der Waals surface area contributed by atoms with E-state index in [4.69, 9.17) is 4.98 Å². The standard InChI is InChI=1S/C17H17N7OS2/c1-23(8-12-6-18-10-26-12)20-7-13-14(9-25)24(2)17-16(13)27-15(21-17)5-11-3-4-19-22-11/h3-4,6-7,9-10H,5,8H2,1-2H3,(H,19,22)/b20-7-. The van der Waals surface area contributed by atoms with Gasteiger partial charge in [-0.3, -0.25) is 19.9 Å². The van der Waals surface area contributed by atoms with Crippen molar-refractivity contribution in [2.75, 3.05) is 7.05 Å². The van der Waals surface area contributed by atoms with E-state index in [1.54, 1.807) is 40.6 Å². The summed E-state index contributed by atoms with van der Waals surface area (Å²) in [6.07, 6.45) is 6.88. The third-order valence-electron chi connectivity index (χ3n) is 4.11. The van der Waals surface area contributed by atoms with Gasteiger partial charge in [-0.1, -0.05) is 0 Å². The Morgan fingerprint density at radius 3 is 3.04 bits per heavy atom. The van der Waals surface area contributed by atoms with E-state index in [1.807, 2.05) is 35.9 Å². The number of aromatic amines is 1. The van der Waals surface area contributed by atoms with E-state index < -0.39 is 0 Å². The summed E-state index contributed by atoms with van der Waals surface area (Å²) < 4.78 is 2.78. The minimum atomic E-state index is 0.574. The average molecular weight is 400 g/mol. The summed E-state index contributed by atoms with van der Waals surface area (Å²) in [5.74, 6) is 0. The average Bonchev–Trinajstić information content (AvgIpc) is 3.42. The van der Waals surface area contributed by atoms with Crippen LogP contribution in [0.25, 0.3) is 10.3 Å². The largest absolute Gasteiger partial charge is 0.325 e. The van der Waals surface area contributed by atoms with E-state index in [2.05, 4.69) is 20.3 Å². The van der Waals surface area contributed by atoms with Crippen LogP contribution in [0.2, 0.25) is 0 Å². The Kier molecular flexibility index (Phi) is 4.82. The van der Waals surface area contributed by atoms with Crippen molar-refractivity contribution in [3.05, 3.63) is 50.8 Å². The van der Waals surface area contributed by atoms with E-state index >= 15 is 0 Å². The number of H-pyrrole nitrogens is 1. The first-order valence-corrected chi connectivity index (χ1v) is 9.89. The molecule has 0 aromatic carbocycles. The van der Waals surface area contributed by atoms with E-state index in [9.17, 15) is 4.79 Å². The fourth-order valence-electron chi connectivity index (χ4n) is 2.80. The molecule has 0 spiro atoms. The molecule has 138 valence electrons. The predicted molar refractivity (Wildman–Crippen MR) is 107 cm³/mol. The molecule has 0 saturated heterocycles. The molecule has 0 saturated carbocycles. The van der Waals surface area contributed by atoms with E-state index in [0.717, 1.165) is 37.8 Å². The lowest BCUT2D eigenvalue weighted by Gasteiger charge is -2.10. The quantitative estimate of drug-likeness (QED) is 0.293. The lowest BCUT2D eigenvalue weighted by molar-refractivity contribution is 0.111. The Morgan fingerprint density at radius 2 is 2.33 bits per heavy atom. The zero-order valence-corrected chi connectivity index (χ0v) is 16.4. The first-order valence-electron chi connectivity index (χ1n) is 8.20. The van der Waals surface area contributed by atoms with Crippen molar-refractivity contribution in [1.29, 1.82) is 0 Å². The van der Waals surface area contributed by atoms with Crippen LogP contribution in [0, 0.1) is 0 Å². The predicted octanol–water partition coefficient (Wildman–Crippen LogP) is 2.68. The van der Waals surface area contributed by atoms with E-state index in [-0.39, 0.29) is 0 Å². The van der Waals surface area contributed by atoms with Gasteiger partial charge in [-0.05, 0) is 6.07 Å². The van der Waals surface area contributed by atoms with Crippen molar-refractivity contribution in [2.24, 2.45) is 12.1 Å². The highest BCUT2D eigenvalue weighted by molar-refractivity contribution is 7.19. The Bertz CT molecular complexity index is 1080. The van der Waals surface area contributed by atoms with Gasteiger partial charge in [0.2, 0.25) is 0 Å². The number of hydrogen-bond acceptors (Lipinski definition) is 8. The van der Waals surface area contributed by atoms with Gasteiger partial charge in [-0.2, -0.15) is 10.2 Å². The highest BCUT2D eigenvalue weighted by atomic mass is 32.1. The second-order valence-corrected chi connectivity index (χ2v) is 8.06. The lowest BCUT2D eigenvalue weighted by atomic mass is 10.3. The Labute approximate surface area is 163 Å². The van der Waals surface area contributed by atoms with E-state index in [1.165, 1.54) is 0 Å². The molecule has 0 aliphatic carbocycles. The molecule has 0 unspecified atom stereocenters. The van der Waals surface area contributed by atoms with Crippen LogP contribution in [0.3, 0.4) is 0 Å². The summed E-state index contributed by atoms with van der Waals surface area (Å²) in [4.78, 5) is 21.5. The second-order valence-electron chi connectivity index (χ2n) is 6.01. The minimum Gasteiger partial charge on any atom is -0.325 e. The van der Waals surface area contributed by atoms with Crippen molar-refractivity contribution < 1.29 is 4.79 Å². The van der Waals surface area contributed by atoms with Crippen molar-refractivity contribution in [3.63, 3.8) is 0 Å². The van der Waals surface area contributed by atoms with Gasteiger partial charge in [-0.25, -0.2) is 4.98 Å². The van der Waals surface area contributed by atoms with Crippen LogP contribution in [-0.2, 0) is 20.0 Å². The number of thiazole rings is 2. The van der Waals surface area contributed by atoms with E-state index in [0.29, 0.717) is 18.7 Å². The van der Waals surface area contributed by atoms with Crippen molar-refractivity contribution in [3.8, 4) is 0 Å². The fourth-order valence-corrected chi connectivity index (χ4v) is 4.57. The first-order chi connectivity index (χ1) is 13.2. The highest BCUT2D eigenvalue weighted by Gasteiger charge is 2.18. The van der Waals surface area contributed by atoms with Crippen LogP contribution in [0.5, 0.6) is 0 Å². The van der Waals surface area contributed by atoms with Crippen LogP contribution >= 0.6 is 22.7 Å². The number of carbonyl (C=O) groups is 1. The number of aromatic nitrogens is 5. The minimum absolute atomic E-state index is 0.574. The maximum absolute atomic E-state index is 11.6. The summed E-state index contributed by atoms with van der Waals surface area (Å²) >= 11 is 3.16. The Hall–Kier alpha value is -2.85. The maximum atomic E-state index is 11.6. The zero-order chi connectivity index (χ0) is 18.8. The highest BCUT2D eigenvalue weighted by Crippen LogP contribution is 2.30. The number of aldehydes is 1. The molecule has 1 N–H and O–H groups in total. The number of fused-ring (bicyclic) bond motifs is 1. The number of nitrogens with one attached hydrogen (secondary N) is 1. The molecular weight excluding hydrogens is 382 g/mol. The van der Waals surface area contributed by atoms with Gasteiger partial charge in [0.05, 0.1) is 34.4 Å². The number of carbonyl (C=O) groups excluding carboxylic acids is 1. The molecule has 8 nitrogen and oxygen atoms in total. The SMILES string of the molecule is CN(Cc1cncs1)/N=C\c1c(C=O)n(C)c2nc(Cc3cc[nH]n3)sc12. The fraction of sp³-hybridized carbons (Fsp3) is 0.235. The molecule has 0 fully saturated rings. The Morgan fingerprint density at radius 1 is 1.44 bits per heavy atom. The first kappa shape index (κ1) is 17.6. The van der Waals surface area contributed by atoms with Crippen LogP contribution in [0.15, 0.2) is 29.1 Å². The molecule has 0 radical (unpaired) electrons. The van der Waals surface area contributed by atoms with Crippen molar-refractivity contribution in [1.82, 2.24) is 29.7 Å². The molecule has 10 heteroatoms. The molecule has 4 aromatic rings. The van der Waals surface area contributed by atoms with Gasteiger partial charge in [0, 0.05) is 43.4 Å². The summed E-state index contributed by atoms with van der Waals surface area (Å²) in [7, 11) is 3.75. The zero-order valence-electron chi connectivity index (χ0n) is 14.8. The van der Waals surface area contributed by atoms with Gasteiger partial charge < -0.3 is 4.57 Å². The third kappa shape index (κ3) is 3.53. The molecule has 27 heavy (non-hydrogen) atoms. The number of rotatable bonds is 7. The van der Waals surface area contributed by atoms with Crippen LogP contribution in [0.1, 0.15) is 31.6 Å². The normalized spacial score (nSPS) is 11.6. The van der Waals surface area contributed by atoms with Crippen molar-refractivity contribution >= 4 is 45.5 Å². The van der Waals surface area contributed by atoms with Crippen LogP contribution in [-0.4, -0.2) is 49.3 Å². The molecule has 4 heterocycles. The summed E-state index contributed by atoms with van der Waals surface area (Å²) in [6, 6.07) is 1.93. The molecule has 0 atom stereocenters. The van der Waals surface area contributed by atoms with Gasteiger partial charge in [0.1, 0.15) is 5.01 Å². The monoisotopic (exact) mass is 399 g/mol. The molecule has 4 rings (SSSR count). The molecule has 4 aromatic heterocycles. The molecular formula is C17H17N7OS2. The van der Waals surface area contributed by atoms with Gasteiger partial charge >= 0.3 is 0 Å². The van der Waals surface area contributed by atoms with Gasteiger partial charge in [0.15, 0.2) is 11.9 Å². The number of aryl methyl sites for hydroxylation is 1. The molecule has 0 bridgehead atoms. The van der Waals surface area contributed by atoms with Gasteiger partial charge in [-0.15, -0.1) is 22.7 Å². The summed E-state index contributed by atoms with van der Waals surface area (Å²) in [5.41, 5.74) is 4.90. The molecule has 0 aliphatic heterocycles.